The van der Waals surface area contributed by atoms with Crippen LogP contribution in [0.5, 0.6) is 10.8 Å². The van der Waals surface area contributed by atoms with E-state index in [4.69, 9.17) is 4.74 Å². The number of hydrogen-bond donors (Lipinski definition) is 1. The molecule has 7 nitrogen and oxygen atoms in total. The molecule has 0 fully saturated rings. The van der Waals surface area contributed by atoms with Crippen molar-refractivity contribution in [1.29, 1.82) is 0 Å². The van der Waals surface area contributed by atoms with E-state index in [1.54, 1.807) is 19.2 Å². The molecular formula is C13H10FN5O2S2. The van der Waals surface area contributed by atoms with Crippen LogP contribution in [0.4, 0.5) is 19.4 Å². The Bertz CT molecular complexity index is 808. The normalized spacial score (nSPS) is 10.3. The molecule has 118 valence electrons. The minimum Gasteiger partial charge on any atom is -0.445 e. The number of carbonyl (C=O) groups is 1. The number of carbonyl (C=O) groups excluding carboxylic acids is 1. The first-order chi connectivity index (χ1) is 11.1. The number of aromatic nitrogens is 3. The van der Waals surface area contributed by atoms with Crippen LogP contribution in [0.25, 0.3) is 0 Å². The number of amides is 2. The van der Waals surface area contributed by atoms with Crippen molar-refractivity contribution < 1.29 is 13.9 Å². The van der Waals surface area contributed by atoms with Crippen LogP contribution in [-0.2, 0) is 0 Å². The van der Waals surface area contributed by atoms with Crippen molar-refractivity contribution in [3.8, 4) is 10.8 Å². The summed E-state index contributed by atoms with van der Waals surface area (Å²) in [5.74, 6) is -0.0308. The van der Waals surface area contributed by atoms with E-state index in [0.29, 0.717) is 21.1 Å². The number of nitrogens with one attached hydrogen (secondary N) is 1. The Hall–Kier alpha value is -2.59. The Kier molecular flexibility index (Phi) is 4.44. The molecule has 10 heteroatoms. The van der Waals surface area contributed by atoms with Gasteiger partial charge in [0.1, 0.15) is 17.9 Å². The molecule has 0 bridgehead atoms. The SMILES string of the molecule is CN(C(=O)Nc1ncc(Oc2cccc(F)c2)s1)c1ncns1. The second-order valence-electron chi connectivity index (χ2n) is 4.26. The highest BCUT2D eigenvalue weighted by Gasteiger charge is 2.15. The number of hydrogen-bond acceptors (Lipinski definition) is 7. The molecule has 1 aromatic carbocycles. The lowest BCUT2D eigenvalue weighted by Crippen LogP contribution is -2.30. The molecule has 3 rings (SSSR count). The molecule has 0 saturated heterocycles. The van der Waals surface area contributed by atoms with Gasteiger partial charge in [0.25, 0.3) is 0 Å². The lowest BCUT2D eigenvalue weighted by Gasteiger charge is -2.12. The summed E-state index contributed by atoms with van der Waals surface area (Å²) in [4.78, 5) is 21.4. The Labute approximate surface area is 138 Å². The van der Waals surface area contributed by atoms with Gasteiger partial charge in [-0.25, -0.2) is 19.2 Å². The zero-order valence-corrected chi connectivity index (χ0v) is 13.4. The molecule has 2 amide bonds. The first-order valence-electron chi connectivity index (χ1n) is 6.32. The molecule has 1 N–H and O–H groups in total. The molecule has 0 aliphatic carbocycles. The van der Waals surface area contributed by atoms with Crippen LogP contribution < -0.4 is 15.0 Å². The van der Waals surface area contributed by atoms with Crippen LogP contribution in [0.15, 0.2) is 36.8 Å². The number of nitrogens with zero attached hydrogens (tertiary/aromatic N) is 4. The van der Waals surface area contributed by atoms with Crippen molar-refractivity contribution in [3.63, 3.8) is 0 Å². The van der Waals surface area contributed by atoms with Gasteiger partial charge in [0, 0.05) is 24.6 Å². The molecule has 0 atom stereocenters. The van der Waals surface area contributed by atoms with Crippen molar-refractivity contribution in [2.75, 3.05) is 17.3 Å². The predicted octanol–water partition coefficient (Wildman–Crippen LogP) is 3.59. The van der Waals surface area contributed by atoms with Gasteiger partial charge >= 0.3 is 6.03 Å². The Morgan fingerprint density at radius 2 is 2.26 bits per heavy atom. The first kappa shape index (κ1) is 15.3. The zero-order chi connectivity index (χ0) is 16.2. The quantitative estimate of drug-likeness (QED) is 0.777. The third-order valence-corrected chi connectivity index (χ3v) is 4.19. The highest BCUT2D eigenvalue weighted by atomic mass is 32.1. The van der Waals surface area contributed by atoms with E-state index >= 15 is 0 Å². The van der Waals surface area contributed by atoms with Gasteiger partial charge < -0.3 is 4.74 Å². The summed E-state index contributed by atoms with van der Waals surface area (Å²) < 4.78 is 22.4. The van der Waals surface area contributed by atoms with E-state index in [-0.39, 0.29) is 5.82 Å². The number of anilines is 2. The molecule has 0 aliphatic heterocycles. The van der Waals surface area contributed by atoms with Gasteiger partial charge in [-0.15, -0.1) is 0 Å². The minimum atomic E-state index is -0.395. The van der Waals surface area contributed by atoms with E-state index < -0.39 is 6.03 Å². The van der Waals surface area contributed by atoms with E-state index in [2.05, 4.69) is 19.7 Å². The average molecular weight is 351 g/mol. The van der Waals surface area contributed by atoms with E-state index in [0.717, 1.165) is 22.9 Å². The monoisotopic (exact) mass is 351 g/mol. The third kappa shape index (κ3) is 3.79. The summed E-state index contributed by atoms with van der Waals surface area (Å²) in [7, 11) is 1.58. The largest absolute Gasteiger partial charge is 0.445 e. The summed E-state index contributed by atoms with van der Waals surface area (Å²) in [5, 5.41) is 3.89. The molecule has 0 saturated carbocycles. The van der Waals surface area contributed by atoms with Crippen molar-refractivity contribution in [3.05, 3.63) is 42.6 Å². The maximum Gasteiger partial charge on any atom is 0.329 e. The van der Waals surface area contributed by atoms with Crippen LogP contribution in [0.2, 0.25) is 0 Å². The maximum absolute atomic E-state index is 13.1. The van der Waals surface area contributed by atoms with Gasteiger partial charge in [-0.2, -0.15) is 4.37 Å². The summed E-state index contributed by atoms with van der Waals surface area (Å²) in [6.45, 7) is 0. The summed E-state index contributed by atoms with van der Waals surface area (Å²) in [5.41, 5.74) is 0. The summed E-state index contributed by atoms with van der Waals surface area (Å²) in [6, 6.07) is 5.37. The minimum absolute atomic E-state index is 0.359. The summed E-state index contributed by atoms with van der Waals surface area (Å²) >= 11 is 2.23. The fraction of sp³-hybridized carbons (Fsp3) is 0.0769. The number of urea groups is 1. The Balaban J connectivity index is 1.64. The molecule has 23 heavy (non-hydrogen) atoms. The number of benzene rings is 1. The number of thiazole rings is 1. The molecule has 2 heterocycles. The Morgan fingerprint density at radius 1 is 1.39 bits per heavy atom. The molecule has 3 aromatic rings. The van der Waals surface area contributed by atoms with Gasteiger partial charge in [0.2, 0.25) is 10.2 Å². The second kappa shape index (κ2) is 6.67. The van der Waals surface area contributed by atoms with Gasteiger partial charge in [-0.3, -0.25) is 10.2 Å². The average Bonchev–Trinajstić information content (AvgIpc) is 3.18. The van der Waals surface area contributed by atoms with Crippen LogP contribution in [0.3, 0.4) is 0 Å². The van der Waals surface area contributed by atoms with Gasteiger partial charge in [0.05, 0.1) is 6.20 Å². The standard InChI is InChI=1S/C13H10FN5O2S2/c1-19(13-16-7-17-23-13)12(20)18-11-15-6-10(22-11)21-9-4-2-3-8(14)5-9/h2-7H,1H3,(H,15,18,20). The fourth-order valence-corrected chi connectivity index (χ4v) is 2.75. The first-order valence-corrected chi connectivity index (χ1v) is 7.91. The second-order valence-corrected chi connectivity index (χ2v) is 6.01. The summed E-state index contributed by atoms with van der Waals surface area (Å²) in [6.07, 6.45) is 2.83. The number of halogens is 1. The van der Waals surface area contributed by atoms with Gasteiger partial charge in [0.15, 0.2) is 5.13 Å². The smallest absolute Gasteiger partial charge is 0.329 e. The van der Waals surface area contributed by atoms with Crippen LogP contribution >= 0.6 is 22.9 Å². The van der Waals surface area contributed by atoms with Gasteiger partial charge in [-0.1, -0.05) is 17.4 Å². The highest BCUT2D eigenvalue weighted by Crippen LogP contribution is 2.30. The fourth-order valence-electron chi connectivity index (χ4n) is 1.59. The van der Waals surface area contributed by atoms with E-state index in [9.17, 15) is 9.18 Å². The molecule has 2 aromatic heterocycles. The zero-order valence-electron chi connectivity index (χ0n) is 11.8. The highest BCUT2D eigenvalue weighted by molar-refractivity contribution is 7.17. The topological polar surface area (TPSA) is 80.2 Å². The van der Waals surface area contributed by atoms with Crippen LogP contribution in [0, 0.1) is 5.82 Å². The maximum atomic E-state index is 13.1. The molecular weight excluding hydrogens is 341 g/mol. The molecule has 0 unspecified atom stereocenters. The Morgan fingerprint density at radius 3 is 3.00 bits per heavy atom. The van der Waals surface area contributed by atoms with Crippen molar-refractivity contribution in [2.45, 2.75) is 0 Å². The number of ether oxygens (including phenoxy) is 1. The lowest BCUT2D eigenvalue weighted by atomic mass is 10.3. The van der Waals surface area contributed by atoms with Crippen molar-refractivity contribution >= 4 is 39.2 Å². The van der Waals surface area contributed by atoms with Crippen LogP contribution in [0.1, 0.15) is 0 Å². The number of rotatable bonds is 4. The van der Waals surface area contributed by atoms with E-state index in [1.165, 1.54) is 29.6 Å². The lowest BCUT2D eigenvalue weighted by molar-refractivity contribution is 0.258. The third-order valence-electron chi connectivity index (χ3n) is 2.65. The molecule has 0 spiro atoms. The van der Waals surface area contributed by atoms with Crippen LogP contribution in [-0.4, -0.2) is 27.4 Å². The van der Waals surface area contributed by atoms with Crippen molar-refractivity contribution in [2.24, 2.45) is 0 Å². The molecule has 0 aliphatic rings. The van der Waals surface area contributed by atoms with Gasteiger partial charge in [-0.05, 0) is 12.1 Å². The van der Waals surface area contributed by atoms with Crippen molar-refractivity contribution in [1.82, 2.24) is 14.3 Å². The molecule has 0 radical (unpaired) electrons. The predicted molar refractivity (Wildman–Crippen MR) is 85.9 cm³/mol. The van der Waals surface area contributed by atoms with E-state index in [1.807, 2.05) is 0 Å².